The van der Waals surface area contributed by atoms with E-state index in [2.05, 4.69) is 11.9 Å². The summed E-state index contributed by atoms with van der Waals surface area (Å²) in [5, 5.41) is 0. The van der Waals surface area contributed by atoms with E-state index < -0.39 is 11.6 Å². The van der Waals surface area contributed by atoms with E-state index in [0.29, 0.717) is 11.6 Å². The molecule has 4 heteroatoms. The highest BCUT2D eigenvalue weighted by molar-refractivity contribution is 5.21. The monoisotopic (exact) mass is 240 g/mol. The van der Waals surface area contributed by atoms with E-state index in [9.17, 15) is 8.78 Å². The van der Waals surface area contributed by atoms with E-state index in [1.165, 1.54) is 25.0 Å². The summed E-state index contributed by atoms with van der Waals surface area (Å²) in [7, 11) is 2.07. The molecule has 0 heterocycles. The van der Waals surface area contributed by atoms with Crippen molar-refractivity contribution in [2.45, 2.75) is 31.3 Å². The van der Waals surface area contributed by atoms with Crippen LogP contribution >= 0.6 is 0 Å². The van der Waals surface area contributed by atoms with Gasteiger partial charge in [0.2, 0.25) is 0 Å². The normalized spacial score (nSPS) is 17.5. The van der Waals surface area contributed by atoms with Crippen molar-refractivity contribution < 1.29 is 8.78 Å². The number of halogens is 2. The molecule has 1 saturated carbocycles. The van der Waals surface area contributed by atoms with Crippen LogP contribution in [0.3, 0.4) is 0 Å². The largest absolute Gasteiger partial charge is 0.324 e. The molecule has 1 aromatic rings. The topological polar surface area (TPSA) is 29.3 Å². The third-order valence-electron chi connectivity index (χ3n) is 3.28. The fourth-order valence-corrected chi connectivity index (χ4v) is 2.00. The van der Waals surface area contributed by atoms with Crippen LogP contribution in [0, 0.1) is 11.6 Å². The van der Waals surface area contributed by atoms with Crippen molar-refractivity contribution in [1.29, 1.82) is 0 Å². The van der Waals surface area contributed by atoms with E-state index in [-0.39, 0.29) is 6.04 Å². The second-order valence-corrected chi connectivity index (χ2v) is 4.81. The number of hydrogen-bond acceptors (Lipinski definition) is 2. The molecule has 1 atom stereocenters. The van der Waals surface area contributed by atoms with Crippen molar-refractivity contribution in [2.75, 3.05) is 13.6 Å². The average molecular weight is 240 g/mol. The summed E-state index contributed by atoms with van der Waals surface area (Å²) in [5.41, 5.74) is 6.48. The number of nitrogens with zero attached hydrogens (tertiary/aromatic N) is 1. The quantitative estimate of drug-likeness (QED) is 0.856. The Balaban J connectivity index is 1.91. The van der Waals surface area contributed by atoms with Crippen molar-refractivity contribution in [2.24, 2.45) is 5.73 Å². The fourth-order valence-electron chi connectivity index (χ4n) is 2.00. The highest BCUT2D eigenvalue weighted by Crippen LogP contribution is 2.26. The number of rotatable bonds is 5. The molecule has 1 aromatic carbocycles. The van der Waals surface area contributed by atoms with Crippen LogP contribution in [0.5, 0.6) is 0 Å². The van der Waals surface area contributed by atoms with Crippen LogP contribution in [0.15, 0.2) is 18.2 Å². The van der Waals surface area contributed by atoms with Gasteiger partial charge in [-0.1, -0.05) is 0 Å². The Kier molecular flexibility index (Phi) is 3.74. The van der Waals surface area contributed by atoms with Crippen LogP contribution in [0.2, 0.25) is 0 Å². The van der Waals surface area contributed by atoms with Crippen molar-refractivity contribution in [3.05, 3.63) is 35.4 Å². The molecule has 0 amide bonds. The minimum Gasteiger partial charge on any atom is -0.324 e. The van der Waals surface area contributed by atoms with Crippen LogP contribution in [-0.4, -0.2) is 24.5 Å². The van der Waals surface area contributed by atoms with Crippen LogP contribution in [0.1, 0.15) is 30.9 Å². The van der Waals surface area contributed by atoms with Gasteiger partial charge in [-0.05, 0) is 50.6 Å². The predicted molar refractivity (Wildman–Crippen MR) is 63.6 cm³/mol. The van der Waals surface area contributed by atoms with E-state index in [4.69, 9.17) is 5.73 Å². The van der Waals surface area contributed by atoms with Gasteiger partial charge in [0.15, 0.2) is 0 Å². The first-order valence-corrected chi connectivity index (χ1v) is 5.98. The van der Waals surface area contributed by atoms with Crippen molar-refractivity contribution in [3.63, 3.8) is 0 Å². The van der Waals surface area contributed by atoms with E-state index in [1.807, 2.05) is 0 Å². The van der Waals surface area contributed by atoms with Crippen LogP contribution in [0.4, 0.5) is 8.78 Å². The first kappa shape index (κ1) is 12.5. The second-order valence-electron chi connectivity index (χ2n) is 4.81. The highest BCUT2D eigenvalue weighted by Gasteiger charge is 2.26. The van der Waals surface area contributed by atoms with E-state index >= 15 is 0 Å². The summed E-state index contributed by atoms with van der Waals surface area (Å²) >= 11 is 0. The lowest BCUT2D eigenvalue weighted by molar-refractivity contribution is 0.309. The molecule has 17 heavy (non-hydrogen) atoms. The molecule has 1 aliphatic rings. The molecular weight excluding hydrogens is 222 g/mol. The van der Waals surface area contributed by atoms with Gasteiger partial charge in [0.1, 0.15) is 11.6 Å². The molecule has 0 aliphatic heterocycles. The van der Waals surface area contributed by atoms with Gasteiger partial charge in [-0.25, -0.2) is 8.78 Å². The van der Waals surface area contributed by atoms with Gasteiger partial charge in [-0.15, -0.1) is 0 Å². The first-order valence-electron chi connectivity index (χ1n) is 5.98. The minimum absolute atomic E-state index is 0.304. The van der Waals surface area contributed by atoms with Crippen molar-refractivity contribution in [3.8, 4) is 0 Å². The number of benzene rings is 1. The maximum absolute atomic E-state index is 13.0. The minimum atomic E-state index is -0.564. The van der Waals surface area contributed by atoms with Gasteiger partial charge in [-0.3, -0.25) is 0 Å². The highest BCUT2D eigenvalue weighted by atomic mass is 19.1. The summed E-state index contributed by atoms with van der Waals surface area (Å²) in [6.07, 6.45) is 3.22. The molecule has 0 bridgehead atoms. The maximum Gasteiger partial charge on any atom is 0.126 e. The summed E-state index contributed by atoms with van der Waals surface area (Å²) < 4.78 is 26.0. The zero-order valence-corrected chi connectivity index (χ0v) is 10.00. The molecule has 1 aliphatic carbocycles. The SMILES string of the molecule is CN(CCC(N)c1cc(F)cc(F)c1)C1CC1. The standard InChI is InChI=1S/C13H18F2N2/c1-17(12-2-3-12)5-4-13(16)9-6-10(14)8-11(15)7-9/h6-8,12-13H,2-5,16H2,1H3. The summed E-state index contributed by atoms with van der Waals surface area (Å²) in [4.78, 5) is 2.26. The summed E-state index contributed by atoms with van der Waals surface area (Å²) in [6, 6.07) is 3.87. The fraction of sp³-hybridized carbons (Fsp3) is 0.538. The molecule has 1 unspecified atom stereocenters. The Morgan fingerprint density at radius 1 is 1.29 bits per heavy atom. The van der Waals surface area contributed by atoms with Gasteiger partial charge in [0.05, 0.1) is 0 Å². The Hall–Kier alpha value is -1.00. The van der Waals surface area contributed by atoms with Gasteiger partial charge >= 0.3 is 0 Å². The van der Waals surface area contributed by atoms with Crippen molar-refractivity contribution >= 4 is 0 Å². The third kappa shape index (κ3) is 3.48. The van der Waals surface area contributed by atoms with Crippen LogP contribution in [-0.2, 0) is 0 Å². The maximum atomic E-state index is 13.0. The Labute approximate surface area is 100 Å². The number of hydrogen-bond donors (Lipinski definition) is 1. The molecule has 2 nitrogen and oxygen atoms in total. The molecule has 0 saturated heterocycles. The van der Waals surface area contributed by atoms with Gasteiger partial charge in [-0.2, -0.15) is 0 Å². The average Bonchev–Trinajstić information content (AvgIpc) is 3.07. The Morgan fingerprint density at radius 2 is 1.88 bits per heavy atom. The Bertz CT molecular complexity index is 371. The zero-order valence-electron chi connectivity index (χ0n) is 10.00. The molecule has 0 aromatic heterocycles. The molecule has 0 spiro atoms. The summed E-state index contributed by atoms with van der Waals surface area (Å²) in [6.45, 7) is 0.865. The first-order chi connectivity index (χ1) is 8.06. The molecular formula is C13H18F2N2. The smallest absolute Gasteiger partial charge is 0.126 e. The lowest BCUT2D eigenvalue weighted by Crippen LogP contribution is -2.25. The third-order valence-corrected chi connectivity index (χ3v) is 3.28. The van der Waals surface area contributed by atoms with E-state index in [0.717, 1.165) is 19.0 Å². The van der Waals surface area contributed by atoms with Crippen LogP contribution in [0.25, 0.3) is 0 Å². The molecule has 2 rings (SSSR count). The van der Waals surface area contributed by atoms with Crippen molar-refractivity contribution in [1.82, 2.24) is 4.90 Å². The van der Waals surface area contributed by atoms with Gasteiger partial charge < -0.3 is 10.6 Å². The molecule has 0 radical (unpaired) electrons. The lowest BCUT2D eigenvalue weighted by Gasteiger charge is -2.19. The van der Waals surface area contributed by atoms with E-state index in [1.54, 1.807) is 0 Å². The Morgan fingerprint density at radius 3 is 2.41 bits per heavy atom. The predicted octanol–water partition coefficient (Wildman–Crippen LogP) is 2.45. The molecule has 1 fully saturated rings. The zero-order chi connectivity index (χ0) is 12.4. The van der Waals surface area contributed by atoms with Crippen LogP contribution < -0.4 is 5.73 Å². The second kappa shape index (κ2) is 5.10. The van der Waals surface area contributed by atoms with Gasteiger partial charge in [0, 0.05) is 18.2 Å². The number of nitrogens with two attached hydrogens (primary N) is 1. The lowest BCUT2D eigenvalue weighted by atomic mass is 10.0. The molecule has 2 N–H and O–H groups in total. The molecule has 94 valence electrons. The summed E-state index contributed by atoms with van der Waals surface area (Å²) in [5.74, 6) is -1.13. The van der Waals surface area contributed by atoms with Gasteiger partial charge in [0.25, 0.3) is 0 Å².